The third-order valence-corrected chi connectivity index (χ3v) is 5.95. The molecule has 4 rings (SSSR count). The summed E-state index contributed by atoms with van der Waals surface area (Å²) in [6.07, 6.45) is 2.04. The van der Waals surface area contributed by atoms with Crippen molar-refractivity contribution < 1.29 is 14.7 Å². The monoisotopic (exact) mass is 435 g/mol. The second-order valence-electron chi connectivity index (χ2n) is 8.23. The maximum absolute atomic E-state index is 13.2. The minimum absolute atomic E-state index is 0.0735. The van der Waals surface area contributed by atoms with Crippen LogP contribution in [0.15, 0.2) is 91.1 Å². The molecule has 0 bridgehead atoms. The van der Waals surface area contributed by atoms with Gasteiger partial charge in [0.2, 0.25) is 0 Å². The second-order valence-corrected chi connectivity index (χ2v) is 8.23. The van der Waals surface area contributed by atoms with Gasteiger partial charge in [-0.05, 0) is 65.9 Å². The van der Waals surface area contributed by atoms with Crippen LogP contribution in [0.1, 0.15) is 55.4 Å². The molecular weight excluding hydrogens is 410 g/mol. The van der Waals surface area contributed by atoms with Gasteiger partial charge >= 0.3 is 5.97 Å². The Balaban J connectivity index is 1.66. The number of carboxylic acids is 1. The number of hydrogen-bond acceptors (Lipinski definition) is 3. The van der Waals surface area contributed by atoms with Crippen LogP contribution in [-0.4, -0.2) is 21.8 Å². The molecule has 3 aromatic carbocycles. The van der Waals surface area contributed by atoms with E-state index in [9.17, 15) is 9.59 Å². The lowest BCUT2D eigenvalue weighted by Gasteiger charge is -2.20. The van der Waals surface area contributed by atoms with E-state index in [-0.39, 0.29) is 17.3 Å². The van der Waals surface area contributed by atoms with Gasteiger partial charge in [-0.3, -0.25) is 9.78 Å². The molecule has 1 atom stereocenters. The highest BCUT2D eigenvalue weighted by atomic mass is 16.4. The molecule has 4 heteroatoms. The highest BCUT2D eigenvalue weighted by Crippen LogP contribution is 2.33. The van der Waals surface area contributed by atoms with Crippen LogP contribution >= 0.6 is 0 Å². The molecule has 0 saturated carbocycles. The molecule has 4 aromatic rings. The van der Waals surface area contributed by atoms with Gasteiger partial charge in [-0.2, -0.15) is 0 Å². The molecule has 1 heterocycles. The fourth-order valence-corrected chi connectivity index (χ4v) is 4.12. The first-order chi connectivity index (χ1) is 15.9. The van der Waals surface area contributed by atoms with E-state index in [1.54, 1.807) is 24.4 Å². The fraction of sp³-hybridized carbons (Fsp3) is 0.138. The van der Waals surface area contributed by atoms with E-state index in [0.29, 0.717) is 12.0 Å². The lowest BCUT2D eigenvalue weighted by molar-refractivity contribution is 0.0696. The second kappa shape index (κ2) is 9.61. The van der Waals surface area contributed by atoms with Crippen molar-refractivity contribution in [1.82, 2.24) is 4.98 Å². The molecule has 0 spiro atoms. The van der Waals surface area contributed by atoms with Gasteiger partial charge in [0.25, 0.3) is 0 Å². The van der Waals surface area contributed by atoms with Crippen molar-refractivity contribution in [3.63, 3.8) is 0 Å². The van der Waals surface area contributed by atoms with Crippen LogP contribution in [0.2, 0.25) is 0 Å². The van der Waals surface area contributed by atoms with E-state index in [2.05, 4.69) is 36.2 Å². The number of hydrogen-bond donors (Lipinski definition) is 1. The Hall–Kier alpha value is -4.05. The van der Waals surface area contributed by atoms with Gasteiger partial charge < -0.3 is 5.11 Å². The predicted molar refractivity (Wildman–Crippen MR) is 130 cm³/mol. The molecule has 0 unspecified atom stereocenters. The van der Waals surface area contributed by atoms with Crippen molar-refractivity contribution >= 4 is 11.8 Å². The van der Waals surface area contributed by atoms with Crippen molar-refractivity contribution in [3.8, 4) is 11.1 Å². The summed E-state index contributed by atoms with van der Waals surface area (Å²) >= 11 is 0. The number of pyridine rings is 1. The Morgan fingerprint density at radius 2 is 1.45 bits per heavy atom. The minimum atomic E-state index is -0.938. The lowest BCUT2D eigenvalue weighted by Crippen LogP contribution is -2.11. The maximum Gasteiger partial charge on any atom is 0.335 e. The third-order valence-electron chi connectivity index (χ3n) is 5.95. The molecule has 0 saturated heterocycles. The van der Waals surface area contributed by atoms with Crippen LogP contribution < -0.4 is 0 Å². The van der Waals surface area contributed by atoms with Crippen molar-refractivity contribution in [2.24, 2.45) is 0 Å². The Labute approximate surface area is 193 Å². The van der Waals surface area contributed by atoms with Gasteiger partial charge in [-0.15, -0.1) is 0 Å². The largest absolute Gasteiger partial charge is 0.478 e. The van der Waals surface area contributed by atoms with Crippen LogP contribution in [0.5, 0.6) is 0 Å². The van der Waals surface area contributed by atoms with Crippen LogP contribution in [0.3, 0.4) is 0 Å². The van der Waals surface area contributed by atoms with Crippen LogP contribution in [0.4, 0.5) is 0 Å². The van der Waals surface area contributed by atoms with Gasteiger partial charge in [0.15, 0.2) is 5.78 Å². The molecule has 0 amide bonds. The number of benzene rings is 3. The van der Waals surface area contributed by atoms with Gasteiger partial charge in [0.05, 0.1) is 5.56 Å². The quantitative estimate of drug-likeness (QED) is 0.338. The molecule has 4 nitrogen and oxygen atoms in total. The first-order valence-corrected chi connectivity index (χ1v) is 10.9. The van der Waals surface area contributed by atoms with Gasteiger partial charge in [-0.1, -0.05) is 60.7 Å². The standard InChI is InChI=1S/C29H25NO3/c1-19-5-3-4-6-26(19)27(18-28(31)25-15-16-30-20(2)17-25)23-11-7-21(8-12-23)22-9-13-24(14-10-22)29(32)33/h3-17,27H,18H2,1-2H3,(H,32,33)/t27-/m0/s1. The summed E-state index contributed by atoms with van der Waals surface area (Å²) < 4.78 is 0. The van der Waals surface area contributed by atoms with E-state index >= 15 is 0 Å². The summed E-state index contributed by atoms with van der Waals surface area (Å²) in [7, 11) is 0. The number of aromatic carboxylic acids is 1. The minimum Gasteiger partial charge on any atom is -0.478 e. The molecular formula is C29H25NO3. The number of Topliss-reactive ketones (excluding diaryl/α,β-unsaturated/α-hetero) is 1. The van der Waals surface area contributed by atoms with Gasteiger partial charge in [-0.25, -0.2) is 4.79 Å². The number of aromatic nitrogens is 1. The first kappa shape index (κ1) is 22.2. The number of carboxylic acid groups (broad SMARTS) is 1. The smallest absolute Gasteiger partial charge is 0.335 e. The van der Waals surface area contributed by atoms with E-state index in [1.807, 2.05) is 49.4 Å². The highest BCUT2D eigenvalue weighted by molar-refractivity contribution is 5.97. The lowest BCUT2D eigenvalue weighted by atomic mass is 9.83. The Kier molecular flexibility index (Phi) is 6.45. The van der Waals surface area contributed by atoms with Crippen molar-refractivity contribution in [2.45, 2.75) is 26.2 Å². The normalized spacial score (nSPS) is 11.7. The van der Waals surface area contributed by atoms with E-state index in [1.165, 1.54) is 0 Å². The first-order valence-electron chi connectivity index (χ1n) is 10.9. The van der Waals surface area contributed by atoms with E-state index < -0.39 is 5.97 Å². The number of rotatable bonds is 7. The SMILES string of the molecule is Cc1cc(C(=O)C[C@@H](c2ccc(-c3ccc(C(=O)O)cc3)cc2)c2ccccc2C)ccn1. The molecule has 33 heavy (non-hydrogen) atoms. The molecule has 0 aliphatic heterocycles. The third kappa shape index (κ3) is 5.07. The average molecular weight is 436 g/mol. The van der Waals surface area contributed by atoms with Crippen molar-refractivity contribution in [1.29, 1.82) is 0 Å². The number of carbonyl (C=O) groups excluding carboxylic acids is 1. The van der Waals surface area contributed by atoms with E-state index in [4.69, 9.17) is 5.11 Å². The topological polar surface area (TPSA) is 67.3 Å². The van der Waals surface area contributed by atoms with Gasteiger partial charge in [0.1, 0.15) is 0 Å². The van der Waals surface area contributed by atoms with E-state index in [0.717, 1.165) is 33.5 Å². The Bertz CT molecular complexity index is 1290. The summed E-state index contributed by atoms with van der Waals surface area (Å²) in [5, 5.41) is 9.11. The molecule has 0 aliphatic rings. The molecule has 0 aliphatic carbocycles. The summed E-state index contributed by atoms with van der Waals surface area (Å²) in [4.78, 5) is 28.5. The average Bonchev–Trinajstić information content (AvgIpc) is 2.83. The molecule has 0 fully saturated rings. The zero-order valence-electron chi connectivity index (χ0n) is 18.7. The predicted octanol–water partition coefficient (Wildman–Crippen LogP) is 6.47. The molecule has 1 aromatic heterocycles. The molecule has 0 radical (unpaired) electrons. The van der Waals surface area contributed by atoms with Crippen molar-refractivity contribution in [3.05, 3.63) is 125 Å². The summed E-state index contributed by atoms with van der Waals surface area (Å²) in [6, 6.07) is 26.8. The summed E-state index contributed by atoms with van der Waals surface area (Å²) in [5.41, 5.74) is 7.05. The van der Waals surface area contributed by atoms with Crippen LogP contribution in [0.25, 0.3) is 11.1 Å². The molecule has 1 N–H and O–H groups in total. The fourth-order valence-electron chi connectivity index (χ4n) is 4.12. The number of aryl methyl sites for hydroxylation is 2. The van der Waals surface area contributed by atoms with Gasteiger partial charge in [0, 0.05) is 29.8 Å². The summed E-state index contributed by atoms with van der Waals surface area (Å²) in [6.45, 7) is 3.96. The highest BCUT2D eigenvalue weighted by Gasteiger charge is 2.21. The van der Waals surface area contributed by atoms with Crippen LogP contribution in [0, 0.1) is 13.8 Å². The number of ketones is 1. The van der Waals surface area contributed by atoms with Crippen molar-refractivity contribution in [2.75, 3.05) is 0 Å². The zero-order chi connectivity index (χ0) is 23.4. The number of carbonyl (C=O) groups is 2. The van der Waals surface area contributed by atoms with Crippen LogP contribution in [-0.2, 0) is 0 Å². The summed E-state index contributed by atoms with van der Waals surface area (Å²) in [5.74, 6) is -0.926. The Morgan fingerprint density at radius 1 is 0.818 bits per heavy atom. The number of nitrogens with zero attached hydrogens (tertiary/aromatic N) is 1. The maximum atomic E-state index is 13.2. The Morgan fingerprint density at radius 3 is 2.06 bits per heavy atom. The zero-order valence-corrected chi connectivity index (χ0v) is 18.7. The molecule has 164 valence electrons.